The van der Waals surface area contributed by atoms with Crippen molar-refractivity contribution in [1.29, 1.82) is 5.41 Å². The normalized spacial score (nSPS) is 9.93. The van der Waals surface area contributed by atoms with E-state index in [4.69, 9.17) is 11.1 Å². The number of hydrogen-bond acceptors (Lipinski definition) is 2. The van der Waals surface area contributed by atoms with Crippen LogP contribution in [0.3, 0.4) is 0 Å². The van der Waals surface area contributed by atoms with Crippen LogP contribution in [0.2, 0.25) is 0 Å². The van der Waals surface area contributed by atoms with Gasteiger partial charge in [0.15, 0.2) is 0 Å². The van der Waals surface area contributed by atoms with E-state index < -0.39 is 0 Å². The Kier molecular flexibility index (Phi) is 5.23. The van der Waals surface area contributed by atoms with E-state index in [0.29, 0.717) is 12.3 Å². The number of hydrogen-bond donors (Lipinski definition) is 2. The Labute approximate surface area is 90.4 Å². The molecule has 0 spiro atoms. The van der Waals surface area contributed by atoms with E-state index in [1.807, 2.05) is 10.8 Å². The van der Waals surface area contributed by atoms with Crippen LogP contribution in [-0.2, 0) is 6.54 Å². The highest BCUT2D eigenvalue weighted by Gasteiger charge is 2.06. The van der Waals surface area contributed by atoms with Crippen molar-refractivity contribution in [3.63, 3.8) is 0 Å². The third-order valence-electron chi connectivity index (χ3n) is 1.89. The maximum Gasteiger partial charge on any atom is 0.111 e. The molecule has 0 amide bonds. The molecule has 0 fully saturated rings. The molecule has 0 atom stereocenters. The summed E-state index contributed by atoms with van der Waals surface area (Å²) in [4.78, 5) is 4.25. The zero-order chi connectivity index (χ0) is 9.84. The molecule has 0 aliphatic heterocycles. The van der Waals surface area contributed by atoms with Crippen molar-refractivity contribution in [2.75, 3.05) is 0 Å². The van der Waals surface area contributed by atoms with Crippen LogP contribution in [0.25, 0.3) is 0 Å². The molecule has 0 bridgehead atoms. The quantitative estimate of drug-likeness (QED) is 0.595. The lowest BCUT2D eigenvalue weighted by Crippen LogP contribution is -2.14. The fourth-order valence-electron chi connectivity index (χ4n) is 1.25. The summed E-state index contributed by atoms with van der Waals surface area (Å²) in [6.07, 6.45) is 4.31. The first-order valence-electron chi connectivity index (χ1n) is 4.45. The molecule has 4 nitrogen and oxygen atoms in total. The van der Waals surface area contributed by atoms with Gasteiger partial charge in [0.1, 0.15) is 5.82 Å². The Hall–Kier alpha value is -1.03. The van der Waals surface area contributed by atoms with Crippen LogP contribution in [-0.4, -0.2) is 15.4 Å². The smallest absolute Gasteiger partial charge is 0.111 e. The van der Waals surface area contributed by atoms with Gasteiger partial charge in [-0.2, -0.15) is 0 Å². The summed E-state index contributed by atoms with van der Waals surface area (Å²) < 4.78 is 2.05. The van der Waals surface area contributed by atoms with Crippen LogP contribution >= 0.6 is 12.4 Å². The molecule has 0 unspecified atom stereocenters. The fourth-order valence-corrected chi connectivity index (χ4v) is 1.25. The Morgan fingerprint density at radius 2 is 2.29 bits per heavy atom. The van der Waals surface area contributed by atoms with Crippen LogP contribution in [0, 0.1) is 5.41 Å². The average Bonchev–Trinajstić information content (AvgIpc) is 2.47. The van der Waals surface area contributed by atoms with Gasteiger partial charge >= 0.3 is 0 Å². The molecule has 14 heavy (non-hydrogen) atoms. The number of aromatic nitrogens is 2. The van der Waals surface area contributed by atoms with E-state index in [9.17, 15) is 0 Å². The topological polar surface area (TPSA) is 67.7 Å². The lowest BCUT2D eigenvalue weighted by molar-refractivity contribution is 0.632. The van der Waals surface area contributed by atoms with E-state index in [2.05, 4.69) is 18.8 Å². The molecule has 0 aliphatic rings. The first kappa shape index (κ1) is 13.0. The summed E-state index contributed by atoms with van der Waals surface area (Å²) >= 11 is 0. The number of nitrogens with two attached hydrogens (primary N) is 1. The predicted molar refractivity (Wildman–Crippen MR) is 60.1 cm³/mol. The van der Waals surface area contributed by atoms with Gasteiger partial charge in [-0.15, -0.1) is 12.4 Å². The highest BCUT2D eigenvalue weighted by Crippen LogP contribution is 2.11. The minimum Gasteiger partial charge on any atom is -0.388 e. The zero-order valence-electron chi connectivity index (χ0n) is 8.53. The molecule has 1 rings (SSSR count). The molecular weight excluding hydrogens is 200 g/mol. The van der Waals surface area contributed by atoms with Gasteiger partial charge < -0.3 is 10.3 Å². The molecule has 1 aromatic rings. The van der Waals surface area contributed by atoms with Crippen LogP contribution in [0.1, 0.15) is 32.0 Å². The van der Waals surface area contributed by atoms with Gasteiger partial charge in [0.05, 0.1) is 5.84 Å². The fraction of sp³-hybridized carbons (Fsp3) is 0.556. The molecule has 0 aliphatic carbocycles. The second-order valence-electron chi connectivity index (χ2n) is 3.41. The summed E-state index contributed by atoms with van der Waals surface area (Å²) in [5.41, 5.74) is 5.28. The Balaban J connectivity index is 0.00000169. The first-order chi connectivity index (χ1) is 6.11. The van der Waals surface area contributed by atoms with Crippen molar-refractivity contribution in [1.82, 2.24) is 9.55 Å². The predicted octanol–water partition coefficient (Wildman–Crippen LogP) is 1.75. The maximum atomic E-state index is 7.12. The van der Waals surface area contributed by atoms with Crippen molar-refractivity contribution < 1.29 is 0 Å². The van der Waals surface area contributed by atoms with Crippen molar-refractivity contribution in [3.8, 4) is 0 Å². The molecule has 0 saturated carbocycles. The second kappa shape index (κ2) is 5.65. The standard InChI is InChI=1S/C9H16N4.ClH/c1-7(2)9-12-4-6-13(9)5-3-8(10)11;/h4,6-7H,3,5H2,1-2H3,(H3,10,11);1H. The zero-order valence-corrected chi connectivity index (χ0v) is 9.34. The highest BCUT2D eigenvalue weighted by atomic mass is 35.5. The molecule has 5 heteroatoms. The van der Waals surface area contributed by atoms with Crippen LogP contribution in [0.15, 0.2) is 12.4 Å². The number of halogens is 1. The Bertz CT molecular complexity index is 293. The molecule has 0 saturated heterocycles. The molecule has 1 heterocycles. The van der Waals surface area contributed by atoms with Gasteiger partial charge in [0, 0.05) is 31.3 Å². The van der Waals surface area contributed by atoms with Crippen molar-refractivity contribution in [2.24, 2.45) is 5.73 Å². The average molecular weight is 217 g/mol. The van der Waals surface area contributed by atoms with E-state index >= 15 is 0 Å². The number of amidine groups is 1. The SMILES string of the molecule is CC(C)c1nccn1CCC(=N)N.Cl. The monoisotopic (exact) mass is 216 g/mol. The summed E-state index contributed by atoms with van der Waals surface area (Å²) in [5.74, 6) is 1.70. The lowest BCUT2D eigenvalue weighted by Gasteiger charge is -2.09. The number of nitrogens with one attached hydrogen (secondary N) is 1. The molecule has 0 aromatic carbocycles. The van der Waals surface area contributed by atoms with Gasteiger partial charge in [0.2, 0.25) is 0 Å². The summed E-state index contributed by atoms with van der Waals surface area (Å²) in [6.45, 7) is 4.96. The third kappa shape index (κ3) is 3.38. The van der Waals surface area contributed by atoms with Gasteiger partial charge in [-0.1, -0.05) is 13.8 Å². The molecule has 0 radical (unpaired) electrons. The van der Waals surface area contributed by atoms with E-state index in [1.165, 1.54) is 0 Å². The van der Waals surface area contributed by atoms with Crippen LogP contribution in [0.4, 0.5) is 0 Å². The van der Waals surface area contributed by atoms with Gasteiger partial charge in [-0.3, -0.25) is 5.41 Å². The number of imidazole rings is 1. The maximum absolute atomic E-state index is 7.12. The largest absolute Gasteiger partial charge is 0.388 e. The van der Waals surface area contributed by atoms with E-state index in [-0.39, 0.29) is 18.2 Å². The lowest BCUT2D eigenvalue weighted by atomic mass is 10.2. The summed E-state index contributed by atoms with van der Waals surface area (Å²) in [6, 6.07) is 0. The van der Waals surface area contributed by atoms with E-state index in [1.54, 1.807) is 6.20 Å². The number of nitrogens with zero attached hydrogens (tertiary/aromatic N) is 2. The molecule has 80 valence electrons. The minimum absolute atomic E-state index is 0. The molecular formula is C9H17ClN4. The second-order valence-corrected chi connectivity index (χ2v) is 3.41. The highest BCUT2D eigenvalue weighted by molar-refractivity contribution is 5.85. The minimum atomic E-state index is 0. The van der Waals surface area contributed by atoms with Crippen molar-refractivity contribution in [2.45, 2.75) is 32.7 Å². The van der Waals surface area contributed by atoms with Crippen molar-refractivity contribution in [3.05, 3.63) is 18.2 Å². The number of aryl methyl sites for hydroxylation is 1. The molecule has 1 aromatic heterocycles. The van der Waals surface area contributed by atoms with Gasteiger partial charge in [-0.05, 0) is 0 Å². The third-order valence-corrected chi connectivity index (χ3v) is 1.89. The van der Waals surface area contributed by atoms with Crippen LogP contribution < -0.4 is 5.73 Å². The van der Waals surface area contributed by atoms with Crippen LogP contribution in [0.5, 0.6) is 0 Å². The number of rotatable bonds is 4. The van der Waals surface area contributed by atoms with Gasteiger partial charge in [0.25, 0.3) is 0 Å². The molecule has 3 N–H and O–H groups in total. The Morgan fingerprint density at radius 3 is 2.79 bits per heavy atom. The summed E-state index contributed by atoms with van der Waals surface area (Å²) in [7, 11) is 0. The van der Waals surface area contributed by atoms with Gasteiger partial charge in [-0.25, -0.2) is 4.98 Å². The summed E-state index contributed by atoms with van der Waals surface area (Å²) in [5, 5.41) is 7.12. The van der Waals surface area contributed by atoms with Crippen molar-refractivity contribution >= 4 is 18.2 Å². The first-order valence-corrected chi connectivity index (χ1v) is 4.45. The van der Waals surface area contributed by atoms with E-state index in [0.717, 1.165) is 12.4 Å². The Morgan fingerprint density at radius 1 is 1.64 bits per heavy atom.